The van der Waals surface area contributed by atoms with Crippen molar-refractivity contribution in [2.45, 2.75) is 46.1 Å². The van der Waals surface area contributed by atoms with Gasteiger partial charge in [0.2, 0.25) is 0 Å². The summed E-state index contributed by atoms with van der Waals surface area (Å²) < 4.78 is 0. The molecule has 0 spiro atoms. The van der Waals surface area contributed by atoms with Gasteiger partial charge in [0.05, 0.1) is 0 Å². The molecule has 1 atom stereocenters. The lowest BCUT2D eigenvalue weighted by Crippen LogP contribution is -2.33. The smallest absolute Gasteiger partial charge is 0.252 e. The Hall–Kier alpha value is -1.36. The molecular weight excluding hydrogens is 240 g/mol. The van der Waals surface area contributed by atoms with Crippen LogP contribution in [0.3, 0.4) is 0 Å². The molecule has 5 heteroatoms. The van der Waals surface area contributed by atoms with Gasteiger partial charge in [0.1, 0.15) is 11.6 Å². The van der Waals surface area contributed by atoms with Crippen LogP contribution in [0.5, 0.6) is 0 Å². The van der Waals surface area contributed by atoms with E-state index < -0.39 is 0 Å². The summed E-state index contributed by atoms with van der Waals surface area (Å²) >= 11 is 0. The number of hydrogen-bond donors (Lipinski definition) is 2. The Labute approximate surface area is 115 Å². The van der Waals surface area contributed by atoms with Crippen molar-refractivity contribution in [3.05, 3.63) is 22.2 Å². The third-order valence-corrected chi connectivity index (χ3v) is 3.42. The van der Waals surface area contributed by atoms with Gasteiger partial charge in [-0.25, -0.2) is 4.98 Å². The largest absolute Gasteiger partial charge is 0.369 e. The molecule has 1 heterocycles. The monoisotopic (exact) mass is 266 g/mol. The normalized spacial score (nSPS) is 13.0. The van der Waals surface area contributed by atoms with Gasteiger partial charge < -0.3 is 15.2 Å². The molecule has 19 heavy (non-hydrogen) atoms. The maximum atomic E-state index is 11.5. The zero-order valence-electron chi connectivity index (χ0n) is 12.7. The maximum Gasteiger partial charge on any atom is 0.252 e. The van der Waals surface area contributed by atoms with Crippen LogP contribution in [0.15, 0.2) is 10.9 Å². The summed E-state index contributed by atoms with van der Waals surface area (Å²) in [4.78, 5) is 21.0. The summed E-state index contributed by atoms with van der Waals surface area (Å²) in [5.74, 6) is 1.60. The second-order valence-electron chi connectivity index (χ2n) is 5.34. The summed E-state index contributed by atoms with van der Waals surface area (Å²) in [6.07, 6.45) is 1.14. The number of rotatable bonds is 7. The highest BCUT2D eigenvalue weighted by atomic mass is 16.1. The minimum Gasteiger partial charge on any atom is -0.369 e. The van der Waals surface area contributed by atoms with E-state index in [0.29, 0.717) is 11.9 Å². The van der Waals surface area contributed by atoms with Crippen molar-refractivity contribution >= 4 is 5.82 Å². The summed E-state index contributed by atoms with van der Waals surface area (Å²) in [7, 11) is 2.11. The molecule has 0 amide bonds. The van der Waals surface area contributed by atoms with E-state index in [9.17, 15) is 4.79 Å². The summed E-state index contributed by atoms with van der Waals surface area (Å²) in [5, 5.41) is 3.22. The zero-order chi connectivity index (χ0) is 14.4. The fourth-order valence-electron chi connectivity index (χ4n) is 1.73. The van der Waals surface area contributed by atoms with Crippen molar-refractivity contribution in [3.8, 4) is 0 Å². The zero-order valence-corrected chi connectivity index (χ0v) is 12.7. The molecule has 2 N–H and O–H groups in total. The third kappa shape index (κ3) is 5.03. The van der Waals surface area contributed by atoms with Crippen LogP contribution in [-0.2, 0) is 0 Å². The van der Waals surface area contributed by atoms with Gasteiger partial charge in [-0.3, -0.25) is 4.79 Å². The Morgan fingerprint density at radius 1 is 1.42 bits per heavy atom. The molecule has 0 radical (unpaired) electrons. The average Bonchev–Trinajstić information content (AvgIpc) is 2.36. The lowest BCUT2D eigenvalue weighted by Gasteiger charge is -2.23. The Morgan fingerprint density at radius 2 is 2.11 bits per heavy atom. The quantitative estimate of drug-likeness (QED) is 0.793. The standard InChI is InChI=1S/C14H26N4O/c1-6-11(4)18(5)8-7-15-12-9-13(19)17-14(16-12)10(2)3/h9-11H,6-8H2,1-5H3,(H2,15,16,17,19). The molecule has 0 aromatic carbocycles. The highest BCUT2D eigenvalue weighted by molar-refractivity contribution is 5.33. The highest BCUT2D eigenvalue weighted by Gasteiger charge is 2.07. The van der Waals surface area contributed by atoms with E-state index in [2.05, 4.69) is 41.1 Å². The van der Waals surface area contributed by atoms with Crippen molar-refractivity contribution in [2.24, 2.45) is 0 Å². The second-order valence-corrected chi connectivity index (χ2v) is 5.34. The number of nitrogens with zero attached hydrogens (tertiary/aromatic N) is 2. The van der Waals surface area contributed by atoms with Crippen LogP contribution in [0, 0.1) is 0 Å². The van der Waals surface area contributed by atoms with E-state index in [4.69, 9.17) is 0 Å². The van der Waals surface area contributed by atoms with Gasteiger partial charge in [0, 0.05) is 31.1 Å². The van der Waals surface area contributed by atoms with Crippen molar-refractivity contribution in [1.29, 1.82) is 0 Å². The van der Waals surface area contributed by atoms with Crippen molar-refractivity contribution in [2.75, 3.05) is 25.5 Å². The van der Waals surface area contributed by atoms with Gasteiger partial charge in [0.15, 0.2) is 0 Å². The number of hydrogen-bond acceptors (Lipinski definition) is 4. The predicted molar refractivity (Wildman–Crippen MR) is 79.8 cm³/mol. The molecule has 1 aromatic heterocycles. The predicted octanol–water partition coefficient (Wildman–Crippen LogP) is 2.04. The Kier molecular flexibility index (Phi) is 6.02. The second kappa shape index (κ2) is 7.28. The van der Waals surface area contributed by atoms with E-state index >= 15 is 0 Å². The average molecular weight is 266 g/mol. The summed E-state index contributed by atoms with van der Waals surface area (Å²) in [6, 6.07) is 2.08. The first-order valence-electron chi connectivity index (χ1n) is 6.99. The van der Waals surface area contributed by atoms with Crippen molar-refractivity contribution < 1.29 is 0 Å². The number of nitrogens with one attached hydrogen (secondary N) is 2. The molecule has 0 saturated heterocycles. The van der Waals surface area contributed by atoms with Gasteiger partial charge in [0.25, 0.3) is 5.56 Å². The Bertz CT molecular complexity index is 441. The van der Waals surface area contributed by atoms with Crippen LogP contribution in [0.25, 0.3) is 0 Å². The molecular formula is C14H26N4O. The van der Waals surface area contributed by atoms with E-state index in [-0.39, 0.29) is 11.5 Å². The van der Waals surface area contributed by atoms with Gasteiger partial charge in [-0.05, 0) is 20.4 Å². The van der Waals surface area contributed by atoms with E-state index in [1.165, 1.54) is 6.07 Å². The molecule has 0 saturated carbocycles. The van der Waals surface area contributed by atoms with Crippen molar-refractivity contribution in [1.82, 2.24) is 14.9 Å². The molecule has 5 nitrogen and oxygen atoms in total. The molecule has 0 aliphatic heterocycles. The molecule has 1 aromatic rings. The Morgan fingerprint density at radius 3 is 2.68 bits per heavy atom. The minimum absolute atomic E-state index is 0.100. The number of aromatic nitrogens is 2. The van der Waals surface area contributed by atoms with Gasteiger partial charge >= 0.3 is 0 Å². The summed E-state index contributed by atoms with van der Waals surface area (Å²) in [6.45, 7) is 10.1. The summed E-state index contributed by atoms with van der Waals surface area (Å²) in [5.41, 5.74) is -0.100. The van der Waals surface area contributed by atoms with Crippen molar-refractivity contribution in [3.63, 3.8) is 0 Å². The molecule has 108 valence electrons. The molecule has 0 aliphatic rings. The molecule has 1 rings (SSSR count). The van der Waals surface area contributed by atoms with Crippen LogP contribution in [-0.4, -0.2) is 41.0 Å². The van der Waals surface area contributed by atoms with Gasteiger partial charge in [-0.1, -0.05) is 20.8 Å². The maximum absolute atomic E-state index is 11.5. The van der Waals surface area contributed by atoms with Crippen LogP contribution in [0.1, 0.15) is 45.9 Å². The molecule has 0 bridgehead atoms. The van der Waals surface area contributed by atoms with Crippen LogP contribution >= 0.6 is 0 Å². The first-order chi connectivity index (χ1) is 8.93. The fourth-order valence-corrected chi connectivity index (χ4v) is 1.73. The lowest BCUT2D eigenvalue weighted by atomic mass is 10.2. The van der Waals surface area contributed by atoms with E-state index in [0.717, 1.165) is 25.3 Å². The number of H-pyrrole nitrogens is 1. The SMILES string of the molecule is CCC(C)N(C)CCNc1cc(=O)[nH]c(C(C)C)n1. The van der Waals surface area contributed by atoms with Gasteiger partial charge in [-0.2, -0.15) is 0 Å². The van der Waals surface area contributed by atoms with Crippen LogP contribution in [0.4, 0.5) is 5.82 Å². The number of aromatic amines is 1. The lowest BCUT2D eigenvalue weighted by molar-refractivity contribution is 0.261. The van der Waals surface area contributed by atoms with Gasteiger partial charge in [-0.15, -0.1) is 0 Å². The van der Waals surface area contributed by atoms with Crippen LogP contribution < -0.4 is 10.9 Å². The highest BCUT2D eigenvalue weighted by Crippen LogP contribution is 2.09. The first kappa shape index (κ1) is 15.7. The molecule has 1 unspecified atom stereocenters. The number of likely N-dealkylation sites (N-methyl/N-ethyl adjacent to an activating group) is 1. The Balaban J connectivity index is 2.56. The molecule has 0 fully saturated rings. The third-order valence-electron chi connectivity index (χ3n) is 3.42. The minimum atomic E-state index is -0.100. The van der Waals surface area contributed by atoms with E-state index in [1.54, 1.807) is 0 Å². The fraction of sp³-hybridized carbons (Fsp3) is 0.714. The van der Waals surface area contributed by atoms with E-state index in [1.807, 2.05) is 13.8 Å². The topological polar surface area (TPSA) is 61.0 Å². The first-order valence-corrected chi connectivity index (χ1v) is 6.99. The molecule has 0 aliphatic carbocycles. The van der Waals surface area contributed by atoms with Crippen LogP contribution in [0.2, 0.25) is 0 Å². The number of anilines is 1.